The maximum Gasteiger partial charge on any atom is 0.233 e. The van der Waals surface area contributed by atoms with E-state index in [1.165, 1.54) is 11.3 Å². The van der Waals surface area contributed by atoms with Crippen LogP contribution in [0.2, 0.25) is 0 Å². The summed E-state index contributed by atoms with van der Waals surface area (Å²) in [6.07, 6.45) is 0. The van der Waals surface area contributed by atoms with Crippen molar-refractivity contribution >= 4 is 22.8 Å². The van der Waals surface area contributed by atoms with E-state index in [-0.39, 0.29) is 5.71 Å². The van der Waals surface area contributed by atoms with Crippen molar-refractivity contribution < 1.29 is 4.79 Å². The normalized spacial score (nSPS) is 10.8. The number of nitrogens with two attached hydrogens (primary N) is 1. The van der Waals surface area contributed by atoms with Gasteiger partial charge in [0.1, 0.15) is 6.07 Å². The van der Waals surface area contributed by atoms with E-state index in [4.69, 9.17) is 11.1 Å². The van der Waals surface area contributed by atoms with Crippen molar-refractivity contribution in [2.45, 2.75) is 0 Å². The Morgan fingerprint density at radius 1 is 1.75 bits per heavy atom. The number of hydrogen-bond acceptors (Lipinski definition) is 5. The first-order chi connectivity index (χ1) is 5.79. The minimum Gasteiger partial charge on any atom is -0.322 e. The van der Waals surface area contributed by atoms with Gasteiger partial charge in [0.2, 0.25) is 11.5 Å². The molecule has 1 heterocycles. The van der Waals surface area contributed by atoms with Crippen LogP contribution < -0.4 is 5.84 Å². The molecule has 0 aliphatic carbocycles. The number of carbonyl (C=O) groups excluding carboxylic acids is 1. The molecule has 0 atom stereocenters. The summed E-state index contributed by atoms with van der Waals surface area (Å²) in [5, 5.41) is 13.2. The number of rotatable bonds is 2. The molecule has 0 unspecified atom stereocenters. The average molecular weight is 179 g/mol. The molecule has 0 aromatic carbocycles. The SMILES string of the molecule is N#C/C(=N/N)C(=O)c1cccs1. The van der Waals surface area contributed by atoms with E-state index < -0.39 is 5.78 Å². The average Bonchev–Trinajstić information content (AvgIpc) is 2.58. The molecule has 5 heteroatoms. The highest BCUT2D eigenvalue weighted by molar-refractivity contribution is 7.13. The number of ketones is 1. The Kier molecular flexibility index (Phi) is 2.56. The number of carbonyl (C=O) groups is 1. The zero-order valence-corrected chi connectivity index (χ0v) is 6.84. The van der Waals surface area contributed by atoms with E-state index in [9.17, 15) is 4.79 Å². The number of nitrogens with zero attached hydrogens (tertiary/aromatic N) is 2. The molecule has 12 heavy (non-hydrogen) atoms. The zero-order valence-electron chi connectivity index (χ0n) is 6.02. The minimum atomic E-state index is -0.421. The lowest BCUT2D eigenvalue weighted by Crippen LogP contribution is -2.12. The lowest BCUT2D eigenvalue weighted by atomic mass is 10.2. The van der Waals surface area contributed by atoms with Gasteiger partial charge in [-0.3, -0.25) is 4.79 Å². The quantitative estimate of drug-likeness (QED) is 0.315. The van der Waals surface area contributed by atoms with Crippen LogP contribution in [0.25, 0.3) is 0 Å². The van der Waals surface area contributed by atoms with Gasteiger partial charge in [0, 0.05) is 0 Å². The summed E-state index contributed by atoms with van der Waals surface area (Å²) in [7, 11) is 0. The van der Waals surface area contributed by atoms with Crippen molar-refractivity contribution in [2.24, 2.45) is 10.9 Å². The summed E-state index contributed by atoms with van der Waals surface area (Å²) in [6, 6.07) is 4.97. The molecule has 0 radical (unpaired) electrons. The lowest BCUT2D eigenvalue weighted by molar-refractivity contribution is 0.107. The number of hydrazone groups is 1. The molecule has 1 aromatic rings. The number of thiophene rings is 1. The minimum absolute atomic E-state index is 0.266. The van der Waals surface area contributed by atoms with Crippen LogP contribution in [0.3, 0.4) is 0 Å². The molecule has 0 saturated heterocycles. The predicted octanol–water partition coefficient (Wildman–Crippen LogP) is 0.769. The summed E-state index contributed by atoms with van der Waals surface area (Å²) >= 11 is 1.25. The molecule has 1 aromatic heterocycles. The molecule has 0 aliphatic heterocycles. The first-order valence-electron chi connectivity index (χ1n) is 3.05. The van der Waals surface area contributed by atoms with Gasteiger partial charge in [-0.1, -0.05) is 6.07 Å². The third-order valence-electron chi connectivity index (χ3n) is 1.20. The molecule has 1 rings (SSSR count). The summed E-state index contributed by atoms with van der Waals surface area (Å²) in [5.74, 6) is 4.42. The summed E-state index contributed by atoms with van der Waals surface area (Å²) in [4.78, 5) is 11.7. The van der Waals surface area contributed by atoms with Crippen LogP contribution >= 0.6 is 11.3 Å². The van der Waals surface area contributed by atoms with Gasteiger partial charge in [0.15, 0.2) is 0 Å². The number of nitriles is 1. The molecule has 0 aliphatic rings. The molecule has 0 spiro atoms. The van der Waals surface area contributed by atoms with E-state index in [2.05, 4.69) is 5.10 Å². The molecular weight excluding hydrogens is 174 g/mol. The van der Waals surface area contributed by atoms with E-state index >= 15 is 0 Å². The van der Waals surface area contributed by atoms with Crippen molar-refractivity contribution in [3.63, 3.8) is 0 Å². The first-order valence-corrected chi connectivity index (χ1v) is 3.93. The van der Waals surface area contributed by atoms with E-state index in [0.717, 1.165) is 0 Å². The van der Waals surface area contributed by atoms with Crippen LogP contribution in [-0.2, 0) is 0 Å². The van der Waals surface area contributed by atoms with Crippen molar-refractivity contribution in [3.05, 3.63) is 22.4 Å². The maximum absolute atomic E-state index is 11.2. The second kappa shape index (κ2) is 3.64. The van der Waals surface area contributed by atoms with Crippen LogP contribution in [0.4, 0.5) is 0 Å². The van der Waals surface area contributed by atoms with Crippen molar-refractivity contribution in [3.8, 4) is 6.07 Å². The van der Waals surface area contributed by atoms with Crippen molar-refractivity contribution in [1.82, 2.24) is 0 Å². The van der Waals surface area contributed by atoms with Crippen LogP contribution in [0, 0.1) is 11.3 Å². The Hall–Kier alpha value is -1.67. The van der Waals surface area contributed by atoms with E-state index in [1.54, 1.807) is 23.6 Å². The second-order valence-electron chi connectivity index (χ2n) is 1.90. The molecule has 0 amide bonds. The fourth-order valence-corrected chi connectivity index (χ4v) is 1.33. The Bertz CT molecular complexity index is 347. The van der Waals surface area contributed by atoms with Gasteiger partial charge < -0.3 is 5.84 Å². The standard InChI is InChI=1S/C7H5N3OS/c8-4-5(10-9)7(11)6-2-1-3-12-6/h1-3H,9H2/b10-5-. The van der Waals surface area contributed by atoms with E-state index in [0.29, 0.717) is 4.88 Å². The van der Waals surface area contributed by atoms with Crippen LogP contribution in [-0.4, -0.2) is 11.5 Å². The highest BCUT2D eigenvalue weighted by Gasteiger charge is 2.13. The van der Waals surface area contributed by atoms with Crippen LogP contribution in [0.1, 0.15) is 9.67 Å². The maximum atomic E-state index is 11.2. The molecule has 4 nitrogen and oxygen atoms in total. The Morgan fingerprint density at radius 3 is 2.92 bits per heavy atom. The lowest BCUT2D eigenvalue weighted by Gasteiger charge is -1.89. The van der Waals surface area contributed by atoms with Crippen molar-refractivity contribution in [1.29, 1.82) is 5.26 Å². The molecule has 2 N–H and O–H groups in total. The molecule has 0 fully saturated rings. The molecular formula is C7H5N3OS. The molecule has 0 saturated carbocycles. The van der Waals surface area contributed by atoms with E-state index in [1.807, 2.05) is 0 Å². The smallest absolute Gasteiger partial charge is 0.233 e. The van der Waals surface area contributed by atoms with Crippen LogP contribution in [0.5, 0.6) is 0 Å². The van der Waals surface area contributed by atoms with Gasteiger partial charge in [-0.25, -0.2) is 0 Å². The Labute approximate surface area is 72.9 Å². The number of hydrogen-bond donors (Lipinski definition) is 1. The van der Waals surface area contributed by atoms with Gasteiger partial charge in [0.25, 0.3) is 0 Å². The number of Topliss-reactive ketones (excluding diaryl/α,β-unsaturated/α-hetero) is 1. The topological polar surface area (TPSA) is 79.2 Å². The third kappa shape index (κ3) is 1.49. The largest absolute Gasteiger partial charge is 0.322 e. The summed E-state index contributed by atoms with van der Waals surface area (Å²) in [5.41, 5.74) is -0.266. The third-order valence-corrected chi connectivity index (χ3v) is 2.06. The first kappa shape index (κ1) is 8.43. The van der Waals surface area contributed by atoms with Crippen molar-refractivity contribution in [2.75, 3.05) is 0 Å². The van der Waals surface area contributed by atoms with Gasteiger partial charge in [-0.15, -0.1) is 11.3 Å². The summed E-state index contributed by atoms with van der Waals surface area (Å²) < 4.78 is 0. The highest BCUT2D eigenvalue weighted by atomic mass is 32.1. The molecule has 0 bridgehead atoms. The highest BCUT2D eigenvalue weighted by Crippen LogP contribution is 2.09. The predicted molar refractivity (Wildman–Crippen MR) is 45.9 cm³/mol. The van der Waals surface area contributed by atoms with Gasteiger partial charge in [-0.05, 0) is 11.4 Å². The Morgan fingerprint density at radius 2 is 2.50 bits per heavy atom. The van der Waals surface area contributed by atoms with Gasteiger partial charge >= 0.3 is 0 Å². The summed E-state index contributed by atoms with van der Waals surface area (Å²) in [6.45, 7) is 0. The monoisotopic (exact) mass is 179 g/mol. The van der Waals surface area contributed by atoms with Gasteiger partial charge in [0.05, 0.1) is 4.88 Å². The second-order valence-corrected chi connectivity index (χ2v) is 2.84. The zero-order chi connectivity index (χ0) is 8.97. The fourth-order valence-electron chi connectivity index (χ4n) is 0.663. The van der Waals surface area contributed by atoms with Crippen LogP contribution in [0.15, 0.2) is 22.6 Å². The molecule has 60 valence electrons. The fraction of sp³-hybridized carbons (Fsp3) is 0. The Balaban J connectivity index is 2.95. The van der Waals surface area contributed by atoms with Gasteiger partial charge in [-0.2, -0.15) is 10.4 Å².